The number of hydrogen-bond acceptors (Lipinski definition) is 3. The van der Waals surface area contributed by atoms with E-state index in [1.54, 1.807) is 0 Å². The Morgan fingerprint density at radius 2 is 1.46 bits per heavy atom. The molecule has 0 saturated carbocycles. The summed E-state index contributed by atoms with van der Waals surface area (Å²) in [5.74, 6) is 2.10. The molecule has 0 atom stereocenters. The monoisotopic (exact) mass is 722 g/mol. The van der Waals surface area contributed by atoms with Crippen molar-refractivity contribution in [1.29, 1.82) is 0 Å². The standard InChI is InChI=1S/C42H40N4O.Pd/c1-7-12-36-42(41-29(5)22-28(4)23-30(41)6)38(13-8-2)46(44-36)31-14-11-15-32(25-31)47-33-18-19-35-34-16-9-10-17-37(34)45(39(35)26-33)40-24-27(3)20-21-43-40;/h9-11,14-24H,7-8,12-13H2,1-6H3;/q-2;+2. The van der Waals surface area contributed by atoms with Crippen LogP contribution in [0.3, 0.4) is 0 Å². The number of nitrogens with zero attached hydrogens (tertiary/aromatic N) is 4. The van der Waals surface area contributed by atoms with Crippen LogP contribution in [0.4, 0.5) is 0 Å². The van der Waals surface area contributed by atoms with Crippen molar-refractivity contribution in [2.24, 2.45) is 0 Å². The van der Waals surface area contributed by atoms with Gasteiger partial charge in [-0.3, -0.25) is 4.68 Å². The van der Waals surface area contributed by atoms with Gasteiger partial charge in [0.05, 0.1) is 5.69 Å². The van der Waals surface area contributed by atoms with E-state index in [1.165, 1.54) is 33.5 Å². The summed E-state index contributed by atoms with van der Waals surface area (Å²) in [7, 11) is 0. The first-order valence-corrected chi connectivity index (χ1v) is 16.6. The second-order valence-corrected chi connectivity index (χ2v) is 12.6. The summed E-state index contributed by atoms with van der Waals surface area (Å²) in [6, 6.07) is 34.4. The maximum Gasteiger partial charge on any atom is 2.00 e. The summed E-state index contributed by atoms with van der Waals surface area (Å²) in [5, 5.41) is 7.51. The maximum atomic E-state index is 6.49. The van der Waals surface area contributed by atoms with Crippen LogP contribution in [0, 0.1) is 39.8 Å². The quantitative estimate of drug-likeness (QED) is 0.110. The van der Waals surface area contributed by atoms with Gasteiger partial charge in [-0.2, -0.15) is 17.2 Å². The molecule has 0 unspecified atom stereocenters. The summed E-state index contributed by atoms with van der Waals surface area (Å²) in [6.07, 6.45) is 5.73. The molecular weight excluding hydrogens is 683 g/mol. The Morgan fingerprint density at radius 1 is 0.708 bits per heavy atom. The molecule has 0 aliphatic rings. The van der Waals surface area contributed by atoms with Crippen molar-refractivity contribution in [1.82, 2.24) is 19.3 Å². The van der Waals surface area contributed by atoms with Crippen LogP contribution in [-0.4, -0.2) is 19.3 Å². The molecule has 3 heterocycles. The van der Waals surface area contributed by atoms with E-state index in [0.29, 0.717) is 11.5 Å². The first kappa shape index (κ1) is 33.4. The molecule has 7 rings (SSSR count). The van der Waals surface area contributed by atoms with Gasteiger partial charge in [-0.15, -0.1) is 35.7 Å². The molecule has 244 valence electrons. The van der Waals surface area contributed by atoms with Crippen molar-refractivity contribution < 1.29 is 25.2 Å². The fourth-order valence-electron chi connectivity index (χ4n) is 7.00. The summed E-state index contributed by atoms with van der Waals surface area (Å²) >= 11 is 0. The normalized spacial score (nSPS) is 11.3. The van der Waals surface area contributed by atoms with Crippen molar-refractivity contribution >= 4 is 21.8 Å². The van der Waals surface area contributed by atoms with Gasteiger partial charge < -0.3 is 9.30 Å². The molecule has 0 radical (unpaired) electrons. The van der Waals surface area contributed by atoms with Crippen LogP contribution in [0.5, 0.6) is 11.5 Å². The Kier molecular flexibility index (Phi) is 9.69. The number of pyridine rings is 1. The van der Waals surface area contributed by atoms with Gasteiger partial charge in [0.2, 0.25) is 0 Å². The van der Waals surface area contributed by atoms with Gasteiger partial charge in [0.15, 0.2) is 0 Å². The number of ether oxygens (including phenoxy) is 1. The van der Waals surface area contributed by atoms with Gasteiger partial charge in [0.1, 0.15) is 5.82 Å². The summed E-state index contributed by atoms with van der Waals surface area (Å²) in [6.45, 7) is 13.2. The van der Waals surface area contributed by atoms with Crippen molar-refractivity contribution in [2.75, 3.05) is 0 Å². The van der Waals surface area contributed by atoms with E-state index in [2.05, 4.69) is 118 Å². The number of aromatic nitrogens is 4. The number of rotatable bonds is 9. The third kappa shape index (κ3) is 6.12. The van der Waals surface area contributed by atoms with Crippen LogP contribution >= 0.6 is 0 Å². The Balaban J connectivity index is 0.00000401. The molecule has 7 aromatic rings. The predicted octanol–water partition coefficient (Wildman–Crippen LogP) is 10.6. The first-order chi connectivity index (χ1) is 22.9. The summed E-state index contributed by atoms with van der Waals surface area (Å²) < 4.78 is 10.8. The van der Waals surface area contributed by atoms with E-state index in [1.807, 2.05) is 30.5 Å². The third-order valence-electron chi connectivity index (χ3n) is 8.84. The Labute approximate surface area is 297 Å². The molecule has 4 aromatic carbocycles. The van der Waals surface area contributed by atoms with Crippen LogP contribution in [-0.2, 0) is 33.3 Å². The topological polar surface area (TPSA) is 44.9 Å². The van der Waals surface area contributed by atoms with E-state index >= 15 is 0 Å². The summed E-state index contributed by atoms with van der Waals surface area (Å²) in [4.78, 5) is 4.71. The fourth-order valence-corrected chi connectivity index (χ4v) is 7.00. The van der Waals surface area contributed by atoms with Gasteiger partial charge in [-0.25, -0.2) is 4.98 Å². The molecule has 0 N–H and O–H groups in total. The van der Waals surface area contributed by atoms with Crippen LogP contribution in [0.25, 0.3) is 44.4 Å². The Bertz CT molecular complexity index is 2240. The average molecular weight is 723 g/mol. The predicted molar refractivity (Wildman–Crippen MR) is 192 cm³/mol. The number of benzene rings is 4. The van der Waals surface area contributed by atoms with E-state index in [0.717, 1.165) is 70.3 Å². The minimum absolute atomic E-state index is 0. The van der Waals surface area contributed by atoms with Gasteiger partial charge in [-0.1, -0.05) is 68.1 Å². The van der Waals surface area contributed by atoms with Gasteiger partial charge >= 0.3 is 20.4 Å². The van der Waals surface area contributed by atoms with Crippen LogP contribution in [0.2, 0.25) is 0 Å². The number of hydrogen-bond donors (Lipinski definition) is 0. The van der Waals surface area contributed by atoms with Crippen molar-refractivity contribution in [2.45, 2.75) is 67.2 Å². The van der Waals surface area contributed by atoms with Crippen molar-refractivity contribution in [3.8, 4) is 34.1 Å². The number of fused-ring (bicyclic) bond motifs is 3. The molecule has 5 nitrogen and oxygen atoms in total. The molecule has 0 aliphatic heterocycles. The number of aryl methyl sites for hydroxylation is 5. The second-order valence-electron chi connectivity index (χ2n) is 12.6. The molecule has 0 spiro atoms. The maximum absolute atomic E-state index is 6.49. The van der Waals surface area contributed by atoms with E-state index in [9.17, 15) is 0 Å². The van der Waals surface area contributed by atoms with E-state index in [4.69, 9.17) is 14.8 Å². The van der Waals surface area contributed by atoms with Gasteiger partial charge in [0.25, 0.3) is 0 Å². The zero-order valence-corrected chi connectivity index (χ0v) is 30.0. The van der Waals surface area contributed by atoms with E-state index in [-0.39, 0.29) is 20.4 Å². The SMILES string of the molecule is CCCc1nn(-c2[c-]c(Oc3[c-]c4c(cc3)c3ccccc3n4-c3cc(C)ccn3)ccc2)c(CCC)c1-c1c(C)cc(C)cc1C.[Pd+2]. The second kappa shape index (κ2) is 13.9. The number of para-hydroxylation sites is 1. The van der Waals surface area contributed by atoms with Crippen LogP contribution < -0.4 is 4.74 Å². The molecular formula is C42H40N4OPd. The minimum atomic E-state index is 0. The average Bonchev–Trinajstić information content (AvgIpc) is 3.56. The molecule has 3 aromatic heterocycles. The fraction of sp³-hybridized carbons (Fsp3) is 0.238. The molecule has 0 fully saturated rings. The third-order valence-corrected chi connectivity index (χ3v) is 8.84. The Hall–Kier alpha value is -4.50. The van der Waals surface area contributed by atoms with Crippen LogP contribution in [0.15, 0.2) is 85.1 Å². The van der Waals surface area contributed by atoms with Gasteiger partial charge in [0, 0.05) is 34.5 Å². The van der Waals surface area contributed by atoms with Crippen molar-refractivity contribution in [3.05, 3.63) is 131 Å². The first-order valence-electron chi connectivity index (χ1n) is 16.6. The zero-order valence-electron chi connectivity index (χ0n) is 28.4. The molecule has 0 aliphatic carbocycles. The smallest absolute Gasteiger partial charge is 0.509 e. The molecule has 0 amide bonds. The van der Waals surface area contributed by atoms with Crippen molar-refractivity contribution in [3.63, 3.8) is 0 Å². The molecule has 0 saturated heterocycles. The van der Waals surface area contributed by atoms with Crippen LogP contribution in [0.1, 0.15) is 60.3 Å². The molecule has 6 heteroatoms. The largest absolute Gasteiger partial charge is 2.00 e. The molecule has 48 heavy (non-hydrogen) atoms. The zero-order chi connectivity index (χ0) is 32.7. The summed E-state index contributed by atoms with van der Waals surface area (Å²) in [5.41, 5.74) is 12.9. The molecule has 0 bridgehead atoms. The Morgan fingerprint density at radius 3 is 2.21 bits per heavy atom. The van der Waals surface area contributed by atoms with Gasteiger partial charge in [-0.05, 0) is 92.1 Å². The van der Waals surface area contributed by atoms with E-state index < -0.39 is 0 Å². The minimum Gasteiger partial charge on any atom is -0.509 e.